The van der Waals surface area contributed by atoms with Gasteiger partial charge in [0.25, 0.3) is 5.91 Å². The molecule has 1 N–H and O–H groups in total. The highest BCUT2D eigenvalue weighted by Crippen LogP contribution is 2.53. The highest BCUT2D eigenvalue weighted by Gasteiger charge is 2.48. The molecule has 4 fully saturated rings. The van der Waals surface area contributed by atoms with E-state index in [1.54, 1.807) is 30.8 Å². The normalized spacial score (nSPS) is 28.8. The van der Waals surface area contributed by atoms with Crippen LogP contribution < -0.4 is 10.1 Å². The van der Waals surface area contributed by atoms with Crippen molar-refractivity contribution in [2.24, 2.45) is 29.6 Å². The zero-order valence-corrected chi connectivity index (χ0v) is 19.8. The van der Waals surface area contributed by atoms with Gasteiger partial charge in [0.05, 0.1) is 26.0 Å². The summed E-state index contributed by atoms with van der Waals surface area (Å²) in [6, 6.07) is 0.266. The number of nitrogens with one attached hydrogen (secondary N) is 1. The lowest BCUT2D eigenvalue weighted by atomic mass is 9.54. The number of amides is 1. The molecule has 1 aromatic heterocycles. The largest absolute Gasteiger partial charge is 0.477 e. The molecule has 0 atom stereocenters. The van der Waals surface area contributed by atoms with Crippen LogP contribution in [0, 0.1) is 29.6 Å². The maximum Gasteiger partial charge on any atom is 0.333 e. The first kappa shape index (κ1) is 22.9. The minimum Gasteiger partial charge on any atom is -0.477 e. The second-order valence-corrected chi connectivity index (χ2v) is 10.3. The summed E-state index contributed by atoms with van der Waals surface area (Å²) in [5.41, 5.74) is 0.985. The molecular weight excluding hydrogens is 406 g/mol. The number of rotatable bonds is 9. The molecule has 4 aliphatic rings. The number of nitrogens with zero attached hydrogens (tertiary/aromatic N) is 2. The van der Waals surface area contributed by atoms with Gasteiger partial charge in [0.15, 0.2) is 0 Å². The van der Waals surface area contributed by atoms with Crippen LogP contribution in [-0.2, 0) is 16.1 Å². The number of hydrogen-bond donors (Lipinski definition) is 1. The highest BCUT2D eigenvalue weighted by atomic mass is 16.5. The SMILES string of the molecule is CCOC(=O)C(C)=CCn1ncc(C(=O)NC2C3CC4CC(C3)CC2C4)c1OCC(C)C. The molecule has 7 nitrogen and oxygen atoms in total. The van der Waals surface area contributed by atoms with Crippen molar-refractivity contribution in [3.05, 3.63) is 23.4 Å². The van der Waals surface area contributed by atoms with Crippen LogP contribution in [0.5, 0.6) is 5.88 Å². The molecule has 0 spiro atoms. The number of carbonyl (C=O) groups excluding carboxylic acids is 2. The summed E-state index contributed by atoms with van der Waals surface area (Å²) in [6.07, 6.45) is 9.77. The van der Waals surface area contributed by atoms with Crippen LogP contribution in [-0.4, -0.2) is 40.9 Å². The molecule has 0 unspecified atom stereocenters. The maximum absolute atomic E-state index is 13.3. The third-order valence-electron chi connectivity index (χ3n) is 7.28. The number of ether oxygens (including phenoxy) is 2. The van der Waals surface area contributed by atoms with Gasteiger partial charge in [-0.15, -0.1) is 0 Å². The highest BCUT2D eigenvalue weighted by molar-refractivity contribution is 5.96. The Morgan fingerprint density at radius 3 is 2.44 bits per heavy atom. The van der Waals surface area contributed by atoms with Crippen molar-refractivity contribution in [1.29, 1.82) is 0 Å². The molecule has 1 amide bonds. The molecule has 1 heterocycles. The van der Waals surface area contributed by atoms with Gasteiger partial charge in [-0.2, -0.15) is 5.10 Å². The summed E-state index contributed by atoms with van der Waals surface area (Å²) in [5, 5.41) is 7.77. The van der Waals surface area contributed by atoms with Gasteiger partial charge in [-0.05, 0) is 75.5 Å². The van der Waals surface area contributed by atoms with Crippen LogP contribution in [0.3, 0.4) is 0 Å². The first-order chi connectivity index (χ1) is 15.4. The van der Waals surface area contributed by atoms with E-state index in [0.717, 1.165) is 11.8 Å². The number of esters is 1. The topological polar surface area (TPSA) is 82.5 Å². The number of allylic oxidation sites excluding steroid dienone is 1. The Morgan fingerprint density at radius 2 is 1.84 bits per heavy atom. The molecule has 4 saturated carbocycles. The molecule has 7 heteroatoms. The van der Waals surface area contributed by atoms with E-state index in [1.807, 2.05) is 0 Å². The van der Waals surface area contributed by atoms with Crippen molar-refractivity contribution in [3.63, 3.8) is 0 Å². The van der Waals surface area contributed by atoms with Crippen LogP contribution in [0.25, 0.3) is 0 Å². The Kier molecular flexibility index (Phi) is 6.91. The van der Waals surface area contributed by atoms with Crippen LogP contribution in [0.4, 0.5) is 0 Å². The summed E-state index contributed by atoms with van der Waals surface area (Å²) in [4.78, 5) is 25.2. The van der Waals surface area contributed by atoms with Crippen molar-refractivity contribution in [1.82, 2.24) is 15.1 Å². The second-order valence-electron chi connectivity index (χ2n) is 10.3. The average Bonchev–Trinajstić information content (AvgIpc) is 3.15. The molecule has 1 aromatic rings. The van der Waals surface area contributed by atoms with Crippen molar-refractivity contribution in [2.45, 2.75) is 72.4 Å². The third-order valence-corrected chi connectivity index (χ3v) is 7.28. The van der Waals surface area contributed by atoms with Crippen molar-refractivity contribution < 1.29 is 19.1 Å². The molecule has 176 valence electrons. The fourth-order valence-electron chi connectivity index (χ4n) is 6.00. The van der Waals surface area contributed by atoms with Crippen molar-refractivity contribution in [3.8, 4) is 5.88 Å². The minimum absolute atomic E-state index is 0.0985. The second kappa shape index (κ2) is 9.67. The molecular formula is C25H37N3O4. The Bertz CT molecular complexity index is 845. The molecule has 32 heavy (non-hydrogen) atoms. The van der Waals surface area contributed by atoms with E-state index in [-0.39, 0.29) is 17.9 Å². The minimum atomic E-state index is -0.343. The summed E-state index contributed by atoms with van der Waals surface area (Å²) < 4.78 is 12.7. The molecule has 0 aromatic carbocycles. The predicted molar refractivity (Wildman–Crippen MR) is 121 cm³/mol. The van der Waals surface area contributed by atoms with Crippen molar-refractivity contribution in [2.75, 3.05) is 13.2 Å². The molecule has 4 aliphatic carbocycles. The fourth-order valence-corrected chi connectivity index (χ4v) is 6.00. The number of aromatic nitrogens is 2. The lowest BCUT2D eigenvalue weighted by Gasteiger charge is -2.54. The quantitative estimate of drug-likeness (QED) is 0.461. The molecule has 0 aliphatic heterocycles. The van der Waals surface area contributed by atoms with Crippen LogP contribution >= 0.6 is 0 Å². The van der Waals surface area contributed by atoms with Gasteiger partial charge in [0.1, 0.15) is 5.56 Å². The molecule has 5 rings (SSSR count). The number of carbonyl (C=O) groups is 2. The molecule has 4 bridgehead atoms. The summed E-state index contributed by atoms with van der Waals surface area (Å²) in [6.45, 7) is 8.80. The lowest BCUT2D eigenvalue weighted by Crippen LogP contribution is -2.55. The van der Waals surface area contributed by atoms with E-state index in [0.29, 0.717) is 54.5 Å². The summed E-state index contributed by atoms with van der Waals surface area (Å²) in [5.74, 6) is 3.30. The van der Waals surface area contributed by atoms with Gasteiger partial charge in [0, 0.05) is 11.6 Å². The monoisotopic (exact) mass is 443 g/mol. The Balaban J connectivity index is 1.49. The van der Waals surface area contributed by atoms with Crippen LogP contribution in [0.1, 0.15) is 70.2 Å². The van der Waals surface area contributed by atoms with Crippen LogP contribution in [0.2, 0.25) is 0 Å². The van der Waals surface area contributed by atoms with Gasteiger partial charge in [0.2, 0.25) is 5.88 Å². The third kappa shape index (κ3) is 4.86. The lowest BCUT2D eigenvalue weighted by molar-refractivity contribution is -0.138. The standard InChI is InChI=1S/C25H37N3O4/c1-5-31-25(30)16(4)6-7-28-24(32-14-15(2)3)21(13-26-28)23(29)27-22-19-9-17-8-18(11-19)12-20(22)10-17/h6,13,15,17-20,22H,5,7-12,14H2,1-4H3,(H,27,29). The number of hydrogen-bond acceptors (Lipinski definition) is 5. The van der Waals surface area contributed by atoms with E-state index in [1.165, 1.54) is 32.1 Å². The maximum atomic E-state index is 13.3. The van der Waals surface area contributed by atoms with Gasteiger partial charge >= 0.3 is 5.97 Å². The zero-order chi connectivity index (χ0) is 22.8. The predicted octanol–water partition coefficient (Wildman–Crippen LogP) is 3.98. The van der Waals surface area contributed by atoms with Crippen LogP contribution in [0.15, 0.2) is 17.8 Å². The van der Waals surface area contributed by atoms with Gasteiger partial charge in [-0.1, -0.05) is 19.9 Å². The first-order valence-electron chi connectivity index (χ1n) is 12.2. The van der Waals surface area contributed by atoms with E-state index in [2.05, 4.69) is 24.3 Å². The average molecular weight is 444 g/mol. The van der Waals surface area contributed by atoms with Gasteiger partial charge in [-0.25, -0.2) is 9.48 Å². The van der Waals surface area contributed by atoms with Crippen molar-refractivity contribution >= 4 is 11.9 Å². The smallest absolute Gasteiger partial charge is 0.333 e. The Hall–Kier alpha value is -2.31. The van der Waals surface area contributed by atoms with E-state index in [4.69, 9.17) is 9.47 Å². The zero-order valence-electron chi connectivity index (χ0n) is 19.8. The molecule has 0 saturated heterocycles. The van der Waals surface area contributed by atoms with E-state index >= 15 is 0 Å². The summed E-state index contributed by atoms with van der Waals surface area (Å²) in [7, 11) is 0. The Morgan fingerprint density at radius 1 is 1.19 bits per heavy atom. The van der Waals surface area contributed by atoms with Gasteiger partial charge in [-0.3, -0.25) is 4.79 Å². The van der Waals surface area contributed by atoms with E-state index in [9.17, 15) is 9.59 Å². The Labute approximate surface area is 190 Å². The summed E-state index contributed by atoms with van der Waals surface area (Å²) >= 11 is 0. The van der Waals surface area contributed by atoms with E-state index < -0.39 is 0 Å². The fraction of sp³-hybridized carbons (Fsp3) is 0.720. The molecule has 0 radical (unpaired) electrons. The first-order valence-corrected chi connectivity index (χ1v) is 12.2. The van der Waals surface area contributed by atoms with Gasteiger partial charge < -0.3 is 14.8 Å².